The van der Waals surface area contributed by atoms with Crippen molar-refractivity contribution in [1.29, 1.82) is 0 Å². The number of aromatic nitrogens is 6. The first-order chi connectivity index (χ1) is 21.2. The van der Waals surface area contributed by atoms with Crippen LogP contribution in [-0.4, -0.2) is 62.5 Å². The molecule has 0 aliphatic heterocycles. The minimum Gasteiger partial charge on any atom is -0.476 e. The average molecular weight is 618 g/mol. The maximum Gasteiger partial charge on any atom is 0.355 e. The summed E-state index contributed by atoms with van der Waals surface area (Å²) in [6, 6.07) is 21.4. The molecule has 0 spiro atoms. The van der Waals surface area contributed by atoms with Crippen LogP contribution in [0.15, 0.2) is 72.8 Å². The number of carbonyl (C=O) groups is 2. The van der Waals surface area contributed by atoms with Crippen LogP contribution in [0.3, 0.4) is 0 Å². The Balaban J connectivity index is 1.36. The molecule has 226 valence electrons. The Kier molecular flexibility index (Phi) is 9.53. The Morgan fingerprint density at radius 3 is 2.30 bits per heavy atom. The van der Waals surface area contributed by atoms with Crippen LogP contribution in [0.4, 0.5) is 0 Å². The van der Waals surface area contributed by atoms with E-state index < -0.39 is 11.9 Å². The van der Waals surface area contributed by atoms with E-state index in [1.165, 1.54) is 0 Å². The molecule has 0 saturated heterocycles. The average Bonchev–Trinajstić information content (AvgIpc) is 3.64. The highest BCUT2D eigenvalue weighted by Crippen LogP contribution is 2.30. The van der Waals surface area contributed by atoms with Gasteiger partial charge in [-0.3, -0.25) is 15.2 Å². The number of carbonyl (C=O) groups excluding carboxylic acids is 1. The number of halogens is 1. The number of hydrogen-bond donors (Lipinski definition) is 3. The molecular formula is C30H28ClN7O6. The zero-order valence-corrected chi connectivity index (χ0v) is 24.3. The summed E-state index contributed by atoms with van der Waals surface area (Å²) in [6.07, 6.45) is 2.43. The second-order valence-corrected chi connectivity index (χ2v) is 10.2. The van der Waals surface area contributed by atoms with Crippen LogP contribution in [0.5, 0.6) is 0 Å². The molecule has 0 radical (unpaired) electrons. The summed E-state index contributed by atoms with van der Waals surface area (Å²) in [6.45, 7) is 2.25. The van der Waals surface area contributed by atoms with Crippen LogP contribution in [0.1, 0.15) is 57.6 Å². The number of unbranched alkanes of at least 4 members (excludes halogenated alkanes) is 1. The summed E-state index contributed by atoms with van der Waals surface area (Å²) in [4.78, 5) is 34.7. The van der Waals surface area contributed by atoms with Gasteiger partial charge in [0.2, 0.25) is 5.82 Å². The molecule has 0 amide bonds. The van der Waals surface area contributed by atoms with Gasteiger partial charge in [-0.25, -0.2) is 14.6 Å². The highest BCUT2D eigenvalue weighted by atomic mass is 35.5. The van der Waals surface area contributed by atoms with Crippen molar-refractivity contribution in [3.8, 4) is 22.5 Å². The largest absolute Gasteiger partial charge is 0.476 e. The van der Waals surface area contributed by atoms with Crippen molar-refractivity contribution >= 4 is 23.5 Å². The van der Waals surface area contributed by atoms with E-state index in [0.29, 0.717) is 35.5 Å². The Hall–Kier alpha value is -4.79. The first-order valence-electron chi connectivity index (χ1n) is 13.7. The van der Waals surface area contributed by atoms with Crippen LogP contribution < -0.4 is 0 Å². The number of hydrogen-bond acceptors (Lipinski definition) is 10. The molecule has 0 fully saturated rings. The van der Waals surface area contributed by atoms with E-state index in [9.17, 15) is 14.7 Å². The van der Waals surface area contributed by atoms with Crippen LogP contribution in [-0.2, 0) is 24.4 Å². The second kappa shape index (κ2) is 13.7. The molecule has 44 heavy (non-hydrogen) atoms. The molecule has 0 aliphatic carbocycles. The van der Waals surface area contributed by atoms with Crippen LogP contribution >= 0.6 is 11.6 Å². The van der Waals surface area contributed by atoms with E-state index >= 15 is 0 Å². The maximum atomic E-state index is 13.0. The monoisotopic (exact) mass is 617 g/mol. The topological polar surface area (TPSA) is 169 Å². The number of carboxylic acid groups (broad SMARTS) is 1. The van der Waals surface area contributed by atoms with Gasteiger partial charge in [0, 0.05) is 24.1 Å². The van der Waals surface area contributed by atoms with Gasteiger partial charge in [0.05, 0.1) is 12.0 Å². The number of aryl methyl sites for hydroxylation is 1. The third-order valence-corrected chi connectivity index (χ3v) is 7.14. The number of carboxylic acids is 1. The van der Waals surface area contributed by atoms with Crippen LogP contribution in [0.2, 0.25) is 5.15 Å². The Morgan fingerprint density at radius 2 is 1.64 bits per heavy atom. The zero-order chi connectivity index (χ0) is 31.2. The summed E-state index contributed by atoms with van der Waals surface area (Å²) in [5, 5.41) is 39.1. The fourth-order valence-corrected chi connectivity index (χ4v) is 4.95. The van der Waals surface area contributed by atoms with Gasteiger partial charge in [0.15, 0.2) is 10.8 Å². The van der Waals surface area contributed by atoms with Gasteiger partial charge >= 0.3 is 5.97 Å². The highest BCUT2D eigenvalue weighted by Gasteiger charge is 2.22. The van der Waals surface area contributed by atoms with Crippen molar-refractivity contribution in [3.05, 3.63) is 106 Å². The molecule has 0 unspecified atom stereocenters. The van der Waals surface area contributed by atoms with E-state index in [2.05, 4.69) is 32.2 Å². The smallest absolute Gasteiger partial charge is 0.355 e. The quantitative estimate of drug-likeness (QED) is 0.158. The fourth-order valence-electron chi connectivity index (χ4n) is 4.67. The number of nitrogens with zero attached hydrogens (tertiary/aromatic N) is 7. The molecule has 0 aliphatic rings. The van der Waals surface area contributed by atoms with E-state index in [0.717, 1.165) is 34.3 Å². The third kappa shape index (κ3) is 6.88. The minimum atomic E-state index is -1.13. The molecule has 0 atom stereocenters. The van der Waals surface area contributed by atoms with Gasteiger partial charge in [0.25, 0.3) is 5.91 Å². The lowest BCUT2D eigenvalue weighted by Gasteiger charge is -2.12. The molecule has 2 heterocycles. The van der Waals surface area contributed by atoms with Crippen molar-refractivity contribution < 1.29 is 29.9 Å². The number of aromatic carboxylic acids is 1. The van der Waals surface area contributed by atoms with Gasteiger partial charge in [-0.15, -0.1) is 10.2 Å². The third-order valence-electron chi connectivity index (χ3n) is 6.88. The van der Waals surface area contributed by atoms with Crippen LogP contribution in [0, 0.1) is 0 Å². The molecular weight excluding hydrogens is 590 g/mol. The van der Waals surface area contributed by atoms with E-state index in [1.807, 2.05) is 48.5 Å². The molecule has 3 aromatic carbocycles. The van der Waals surface area contributed by atoms with Gasteiger partial charge in [-0.1, -0.05) is 90.4 Å². The highest BCUT2D eigenvalue weighted by molar-refractivity contribution is 6.32. The number of benzene rings is 3. The number of tetrazole rings is 1. The Morgan fingerprint density at radius 1 is 0.955 bits per heavy atom. The van der Waals surface area contributed by atoms with E-state index in [-0.39, 0.29) is 28.7 Å². The summed E-state index contributed by atoms with van der Waals surface area (Å²) in [5.74, 6) is -0.730. The van der Waals surface area contributed by atoms with Crippen molar-refractivity contribution in [2.24, 2.45) is 0 Å². The lowest BCUT2D eigenvalue weighted by molar-refractivity contribution is -0.497. The first kappa shape index (κ1) is 30.7. The Bertz CT molecular complexity index is 1770. The second-order valence-electron chi connectivity index (χ2n) is 9.84. The molecule has 14 heteroatoms. The summed E-state index contributed by atoms with van der Waals surface area (Å²) < 4.78 is 1.65. The Labute approximate surface area is 256 Å². The minimum absolute atomic E-state index is 0.0167. The normalized spacial score (nSPS) is 11.3. The summed E-state index contributed by atoms with van der Waals surface area (Å²) in [5.41, 5.74) is 4.10. The van der Waals surface area contributed by atoms with Crippen molar-refractivity contribution in [3.63, 3.8) is 0 Å². The summed E-state index contributed by atoms with van der Waals surface area (Å²) in [7, 11) is 0. The lowest BCUT2D eigenvalue weighted by atomic mass is 9.98. The van der Waals surface area contributed by atoms with Gasteiger partial charge in [0.1, 0.15) is 5.82 Å². The van der Waals surface area contributed by atoms with Gasteiger partial charge in [-0.05, 0) is 46.0 Å². The summed E-state index contributed by atoms with van der Waals surface area (Å²) >= 11 is 6.18. The number of imidazole rings is 1. The standard InChI is InChI=1S/C30H28ClN7O6/c1-2-3-8-25-32-27(31)26(30(40)41)36(25)17-19-9-13-21(14-10-19)23-6-4-5-7-24(23)28-33-35-37(34-28)29(39)22-15-11-20(12-16-22)18-44-38(42)43/h4-7,9-16,42-43H,2-3,8,17-18H2,1H3,(H,40,41). The van der Waals surface area contributed by atoms with Crippen molar-refractivity contribution in [2.75, 3.05) is 0 Å². The van der Waals surface area contributed by atoms with Crippen molar-refractivity contribution in [1.82, 2.24) is 35.1 Å². The van der Waals surface area contributed by atoms with Gasteiger partial charge < -0.3 is 9.67 Å². The molecule has 2 aromatic heterocycles. The molecule has 5 rings (SSSR count). The van der Waals surface area contributed by atoms with E-state index in [4.69, 9.17) is 22.0 Å². The SMILES string of the molecule is CCCCc1nc(Cl)c(C(=O)O)n1Cc1ccc(-c2ccccc2-c2nnn(C(=O)c3ccc(CON(O)O)cc3)n2)cc1. The first-order valence-corrected chi connectivity index (χ1v) is 14.0. The predicted octanol–water partition coefficient (Wildman–Crippen LogP) is 5.15. The predicted molar refractivity (Wildman–Crippen MR) is 157 cm³/mol. The molecule has 13 nitrogen and oxygen atoms in total. The zero-order valence-electron chi connectivity index (χ0n) is 23.5. The molecule has 5 aromatic rings. The molecule has 0 bridgehead atoms. The van der Waals surface area contributed by atoms with Gasteiger partial charge in [-0.2, -0.15) is 0 Å². The fraction of sp³-hybridized carbons (Fsp3) is 0.200. The van der Waals surface area contributed by atoms with E-state index in [1.54, 1.807) is 28.8 Å². The number of rotatable bonds is 12. The van der Waals surface area contributed by atoms with Crippen LogP contribution in [0.25, 0.3) is 22.5 Å². The maximum absolute atomic E-state index is 13.0. The van der Waals surface area contributed by atoms with Crippen molar-refractivity contribution in [2.45, 2.75) is 39.3 Å². The lowest BCUT2D eigenvalue weighted by Crippen LogP contribution is -2.16. The molecule has 3 N–H and O–H groups in total. The molecule has 0 saturated carbocycles.